The van der Waals surface area contributed by atoms with Crippen LogP contribution in [0.4, 0.5) is 0 Å². The summed E-state index contributed by atoms with van der Waals surface area (Å²) in [4.78, 5) is 13.0. The first-order valence-electron chi connectivity index (χ1n) is 13.8. The predicted octanol–water partition coefficient (Wildman–Crippen LogP) is 5.22. The molecule has 2 unspecified atom stereocenters. The zero-order chi connectivity index (χ0) is 30.7. The molecule has 0 aliphatic carbocycles. The molecule has 2 heterocycles. The average Bonchev–Trinajstić information content (AvgIpc) is 3.70. The van der Waals surface area contributed by atoms with Crippen molar-refractivity contribution in [1.29, 1.82) is 0 Å². The number of hydrogen-bond acceptors (Lipinski definition) is 8. The average molecular weight is 637 g/mol. The molecule has 0 spiro atoms. The van der Waals surface area contributed by atoms with Gasteiger partial charge in [-0.1, -0.05) is 54.1 Å². The molecule has 0 radical (unpaired) electrons. The number of ether oxygens (including phenoxy) is 4. The minimum Gasteiger partial charge on any atom is -0.481 e. The van der Waals surface area contributed by atoms with E-state index in [0.717, 1.165) is 5.56 Å². The smallest absolute Gasteiger partial charge is 0.309 e. The van der Waals surface area contributed by atoms with Gasteiger partial charge in [0.2, 0.25) is 23.6 Å². The van der Waals surface area contributed by atoms with Gasteiger partial charge < -0.3 is 29.4 Å². The van der Waals surface area contributed by atoms with Gasteiger partial charge in [-0.15, -0.1) is 0 Å². The highest BCUT2D eigenvalue weighted by Crippen LogP contribution is 2.35. The number of carboxylic acids is 1. The Hall–Kier alpha value is -4.29. The number of nitrogens with zero attached hydrogens (tertiary/aromatic N) is 1. The number of halogens is 1. The van der Waals surface area contributed by atoms with Crippen LogP contribution < -0.4 is 24.3 Å². The lowest BCUT2D eigenvalue weighted by Crippen LogP contribution is -2.43. The molecule has 6 rings (SSSR count). The van der Waals surface area contributed by atoms with Crippen molar-refractivity contribution in [1.82, 2.24) is 9.62 Å². The molecule has 0 aromatic heterocycles. The maximum Gasteiger partial charge on any atom is 0.309 e. The van der Waals surface area contributed by atoms with Crippen molar-refractivity contribution < 1.29 is 37.3 Å². The van der Waals surface area contributed by atoms with Gasteiger partial charge in [-0.05, 0) is 65.2 Å². The molecule has 0 saturated heterocycles. The Morgan fingerprint density at radius 3 is 2.05 bits per heavy atom. The van der Waals surface area contributed by atoms with Gasteiger partial charge in [-0.2, -0.15) is 4.31 Å². The standard InChI is InChI=1S/C32H29ClN2O8S/c33-24-10-8-23(9-11-24)31(34-16-21-6-12-27-29(14-21)42-19-40-27)26(32(36)37)18-35(44(38,39)25-4-2-1-3-5-25)17-22-7-13-28-30(15-22)43-20-41-28/h1-15,26,31,34H,16-20H2,(H,36,37). The van der Waals surface area contributed by atoms with Gasteiger partial charge in [0.05, 0.1) is 10.8 Å². The third kappa shape index (κ3) is 6.46. The first-order valence-corrected chi connectivity index (χ1v) is 15.6. The molecule has 0 saturated carbocycles. The fraction of sp³-hybridized carbons (Fsp3) is 0.219. The van der Waals surface area contributed by atoms with Gasteiger partial charge in [0.25, 0.3) is 0 Å². The van der Waals surface area contributed by atoms with E-state index in [-0.39, 0.29) is 38.1 Å². The van der Waals surface area contributed by atoms with Crippen LogP contribution in [-0.2, 0) is 27.9 Å². The van der Waals surface area contributed by atoms with Gasteiger partial charge in [0.15, 0.2) is 23.0 Å². The van der Waals surface area contributed by atoms with Crippen molar-refractivity contribution in [2.45, 2.75) is 24.0 Å². The molecule has 2 aliphatic rings. The van der Waals surface area contributed by atoms with Gasteiger partial charge in [-0.3, -0.25) is 4.79 Å². The fourth-order valence-corrected chi connectivity index (χ4v) is 6.82. The summed E-state index contributed by atoms with van der Waals surface area (Å²) in [5.41, 5.74) is 2.10. The molecule has 44 heavy (non-hydrogen) atoms. The molecule has 4 aromatic carbocycles. The molecule has 228 valence electrons. The van der Waals surface area contributed by atoms with Crippen molar-refractivity contribution in [3.05, 3.63) is 113 Å². The Bertz CT molecular complexity index is 1750. The van der Waals surface area contributed by atoms with Gasteiger partial charge >= 0.3 is 5.97 Å². The van der Waals surface area contributed by atoms with Gasteiger partial charge in [-0.25, -0.2) is 8.42 Å². The highest BCUT2D eigenvalue weighted by Gasteiger charge is 2.36. The second-order valence-corrected chi connectivity index (χ2v) is 12.7. The first-order chi connectivity index (χ1) is 21.3. The van der Waals surface area contributed by atoms with E-state index >= 15 is 0 Å². The van der Waals surface area contributed by atoms with E-state index in [0.29, 0.717) is 39.1 Å². The third-order valence-electron chi connectivity index (χ3n) is 7.49. The minimum atomic E-state index is -4.12. The van der Waals surface area contributed by atoms with Crippen LogP contribution in [0.3, 0.4) is 0 Å². The zero-order valence-corrected chi connectivity index (χ0v) is 25.0. The zero-order valence-electron chi connectivity index (χ0n) is 23.4. The quantitative estimate of drug-likeness (QED) is 0.215. The largest absolute Gasteiger partial charge is 0.481 e. The summed E-state index contributed by atoms with van der Waals surface area (Å²) >= 11 is 6.16. The third-order valence-corrected chi connectivity index (χ3v) is 9.57. The van der Waals surface area contributed by atoms with E-state index in [9.17, 15) is 18.3 Å². The summed E-state index contributed by atoms with van der Waals surface area (Å²) in [7, 11) is -4.12. The molecule has 2 N–H and O–H groups in total. The highest BCUT2D eigenvalue weighted by atomic mass is 35.5. The van der Waals surface area contributed by atoms with Crippen LogP contribution >= 0.6 is 11.6 Å². The van der Waals surface area contributed by atoms with E-state index in [2.05, 4.69) is 5.32 Å². The van der Waals surface area contributed by atoms with Crippen LogP contribution in [0.25, 0.3) is 0 Å². The summed E-state index contributed by atoms with van der Waals surface area (Å²) in [5, 5.41) is 14.5. The Labute approximate surface area is 259 Å². The Kier molecular flexibility index (Phi) is 8.62. The monoisotopic (exact) mass is 636 g/mol. The van der Waals surface area contributed by atoms with E-state index in [1.807, 2.05) is 12.1 Å². The molecule has 2 aliphatic heterocycles. The topological polar surface area (TPSA) is 124 Å². The van der Waals surface area contributed by atoms with Crippen molar-refractivity contribution >= 4 is 27.6 Å². The molecule has 0 bridgehead atoms. The van der Waals surface area contributed by atoms with Crippen LogP contribution in [0.2, 0.25) is 5.02 Å². The summed E-state index contributed by atoms with van der Waals surface area (Å²) in [5.74, 6) is -0.0635. The molecule has 12 heteroatoms. The lowest BCUT2D eigenvalue weighted by molar-refractivity contribution is -0.143. The van der Waals surface area contributed by atoms with Crippen molar-refractivity contribution in [2.24, 2.45) is 5.92 Å². The van der Waals surface area contributed by atoms with Crippen molar-refractivity contribution in [2.75, 3.05) is 20.1 Å². The van der Waals surface area contributed by atoms with Gasteiger partial charge in [0, 0.05) is 30.7 Å². The fourth-order valence-electron chi connectivity index (χ4n) is 5.22. The first kappa shape index (κ1) is 29.8. The van der Waals surface area contributed by atoms with Crippen LogP contribution in [0, 0.1) is 5.92 Å². The Morgan fingerprint density at radius 2 is 1.41 bits per heavy atom. The van der Waals surface area contributed by atoms with Crippen molar-refractivity contribution in [3.8, 4) is 23.0 Å². The number of nitrogens with one attached hydrogen (secondary N) is 1. The van der Waals surface area contributed by atoms with Crippen molar-refractivity contribution in [3.63, 3.8) is 0 Å². The van der Waals surface area contributed by atoms with E-state index < -0.39 is 28.0 Å². The summed E-state index contributed by atoms with van der Waals surface area (Å²) in [6.45, 7) is 0.0659. The molecule has 0 amide bonds. The van der Waals surface area contributed by atoms with Crippen LogP contribution in [-0.4, -0.2) is 43.9 Å². The second-order valence-electron chi connectivity index (χ2n) is 10.3. The number of hydrogen-bond donors (Lipinski definition) is 2. The molecule has 10 nitrogen and oxygen atoms in total. The number of sulfonamides is 1. The summed E-state index contributed by atoms with van der Waals surface area (Å²) in [6, 6.07) is 24.7. The van der Waals surface area contributed by atoms with E-state index in [1.54, 1.807) is 66.7 Å². The minimum absolute atomic E-state index is 0.0567. The normalized spacial score (nSPS) is 14.9. The number of fused-ring (bicyclic) bond motifs is 2. The maximum atomic E-state index is 14.0. The summed E-state index contributed by atoms with van der Waals surface area (Å²) < 4.78 is 51.1. The van der Waals surface area contributed by atoms with E-state index in [1.165, 1.54) is 16.4 Å². The Balaban J connectivity index is 1.34. The van der Waals surface area contributed by atoms with Crippen LogP contribution in [0.15, 0.2) is 95.9 Å². The predicted molar refractivity (Wildman–Crippen MR) is 161 cm³/mol. The van der Waals surface area contributed by atoms with Crippen LogP contribution in [0.1, 0.15) is 22.7 Å². The molecular formula is C32H29ClN2O8S. The number of aliphatic carboxylic acids is 1. The molecular weight excluding hydrogens is 608 g/mol. The molecule has 0 fully saturated rings. The number of carbonyl (C=O) groups is 1. The number of carboxylic acid groups (broad SMARTS) is 1. The number of rotatable bonds is 12. The Morgan fingerprint density at radius 1 is 0.818 bits per heavy atom. The second kappa shape index (κ2) is 12.7. The lowest BCUT2D eigenvalue weighted by Gasteiger charge is -2.31. The maximum absolute atomic E-state index is 14.0. The SMILES string of the molecule is O=C(O)C(CN(Cc1ccc2c(c1)OCO2)S(=O)(=O)c1ccccc1)C(NCc1ccc2c(c1)OCO2)c1ccc(Cl)cc1. The van der Waals surface area contributed by atoms with E-state index in [4.69, 9.17) is 30.5 Å². The molecule has 2 atom stereocenters. The molecule has 4 aromatic rings. The lowest BCUT2D eigenvalue weighted by atomic mass is 9.92. The summed E-state index contributed by atoms with van der Waals surface area (Å²) in [6.07, 6.45) is 0. The van der Waals surface area contributed by atoms with Crippen LogP contribution in [0.5, 0.6) is 23.0 Å². The number of benzene rings is 4. The highest BCUT2D eigenvalue weighted by molar-refractivity contribution is 7.89. The van der Waals surface area contributed by atoms with Gasteiger partial charge in [0.1, 0.15) is 0 Å².